The van der Waals surface area contributed by atoms with Gasteiger partial charge < -0.3 is 9.64 Å². The minimum atomic E-state index is 0.975. The molecule has 0 saturated carbocycles. The zero-order chi connectivity index (χ0) is 20.7. The molecule has 0 bridgehead atoms. The smallest absolute Gasteiger partial charge is 0.225 e. The number of para-hydroxylation sites is 1. The maximum Gasteiger partial charge on any atom is 0.225 e. The number of hydrogen-bond donors (Lipinski definition) is 0. The number of anilines is 2. The Morgan fingerprint density at radius 2 is 1.90 bits per heavy atom. The van der Waals surface area contributed by atoms with Crippen molar-refractivity contribution in [2.75, 3.05) is 37.2 Å². The van der Waals surface area contributed by atoms with E-state index in [1.165, 1.54) is 40.6 Å². The van der Waals surface area contributed by atoms with Crippen molar-refractivity contribution in [2.24, 2.45) is 12.1 Å². The van der Waals surface area contributed by atoms with E-state index in [4.69, 9.17) is 9.84 Å². The highest BCUT2D eigenvalue weighted by atomic mass is 16.5. The van der Waals surface area contributed by atoms with Gasteiger partial charge in [-0.1, -0.05) is 12.1 Å². The average Bonchev–Trinajstić information content (AvgIpc) is 2.79. The Balaban J connectivity index is 1.53. The van der Waals surface area contributed by atoms with Crippen LogP contribution < -0.4 is 19.2 Å². The molecule has 1 aromatic heterocycles. The van der Waals surface area contributed by atoms with Crippen LogP contribution in [0.25, 0.3) is 10.9 Å². The number of methoxy groups -OCH3 is 1. The van der Waals surface area contributed by atoms with Gasteiger partial charge >= 0.3 is 0 Å². The first-order valence-electron chi connectivity index (χ1n) is 10.8. The van der Waals surface area contributed by atoms with Gasteiger partial charge in [0.25, 0.3) is 0 Å². The summed E-state index contributed by atoms with van der Waals surface area (Å²) < 4.78 is 8.10. The molecule has 2 aliphatic heterocycles. The van der Waals surface area contributed by atoms with E-state index in [2.05, 4.69) is 59.0 Å². The monoisotopic (exact) mass is 401 g/mol. The largest absolute Gasteiger partial charge is 0.494 e. The van der Waals surface area contributed by atoms with Crippen LogP contribution >= 0.6 is 0 Å². The van der Waals surface area contributed by atoms with Crippen molar-refractivity contribution in [3.05, 3.63) is 59.3 Å². The van der Waals surface area contributed by atoms with Crippen LogP contribution in [0.3, 0.4) is 0 Å². The summed E-state index contributed by atoms with van der Waals surface area (Å²) in [5, 5.41) is 7.98. The molecular formula is C25H29N4O+. The Hall–Kier alpha value is -3.08. The first kappa shape index (κ1) is 18.9. The summed E-state index contributed by atoms with van der Waals surface area (Å²) >= 11 is 0. The third kappa shape index (κ3) is 3.09. The summed E-state index contributed by atoms with van der Waals surface area (Å²) in [6.45, 7) is 2.32. The number of aromatic nitrogens is 1. The van der Waals surface area contributed by atoms with Gasteiger partial charge in [-0.15, -0.1) is 0 Å². The van der Waals surface area contributed by atoms with Crippen LogP contribution in [-0.2, 0) is 19.9 Å². The first-order chi connectivity index (χ1) is 14.7. The minimum Gasteiger partial charge on any atom is -0.494 e. The Bertz CT molecular complexity index is 1140. The Labute approximate surface area is 178 Å². The van der Waals surface area contributed by atoms with Gasteiger partial charge in [0.05, 0.1) is 7.11 Å². The maximum atomic E-state index is 5.92. The lowest BCUT2D eigenvalue weighted by Crippen LogP contribution is -2.35. The zero-order valence-electron chi connectivity index (χ0n) is 18.1. The topological polar surface area (TPSA) is 31.9 Å². The van der Waals surface area contributed by atoms with E-state index < -0.39 is 0 Å². The summed E-state index contributed by atoms with van der Waals surface area (Å²) in [5.74, 6) is 0.975. The highest BCUT2D eigenvalue weighted by Crippen LogP contribution is 2.45. The normalized spacial score (nSPS) is 15.5. The molecule has 0 N–H and O–H groups in total. The van der Waals surface area contributed by atoms with Crippen molar-refractivity contribution in [2.45, 2.75) is 25.7 Å². The molecule has 5 rings (SSSR count). The van der Waals surface area contributed by atoms with Gasteiger partial charge in [-0.3, -0.25) is 5.01 Å². The number of benzene rings is 2. The van der Waals surface area contributed by atoms with Gasteiger partial charge in [0.1, 0.15) is 24.7 Å². The van der Waals surface area contributed by atoms with Crippen LogP contribution in [0.4, 0.5) is 11.4 Å². The quantitative estimate of drug-likeness (QED) is 0.378. The van der Waals surface area contributed by atoms with Crippen molar-refractivity contribution in [3.63, 3.8) is 0 Å². The number of hydrazone groups is 1. The number of ether oxygens (including phenoxy) is 1. The zero-order valence-corrected chi connectivity index (χ0v) is 18.1. The van der Waals surface area contributed by atoms with Gasteiger partial charge in [-0.25, -0.2) is 0 Å². The van der Waals surface area contributed by atoms with Gasteiger partial charge in [-0.05, 0) is 49.4 Å². The predicted octanol–water partition coefficient (Wildman–Crippen LogP) is 3.84. The van der Waals surface area contributed by atoms with Gasteiger partial charge in [0.2, 0.25) is 11.2 Å². The maximum absolute atomic E-state index is 5.92. The fourth-order valence-corrected chi connectivity index (χ4v) is 4.98. The third-order valence-corrected chi connectivity index (χ3v) is 6.49. The fourth-order valence-electron chi connectivity index (χ4n) is 4.98. The molecule has 3 heterocycles. The molecule has 5 nitrogen and oxygen atoms in total. The average molecular weight is 402 g/mol. The number of fused-ring (bicyclic) bond motifs is 1. The highest BCUT2D eigenvalue weighted by Gasteiger charge is 2.29. The summed E-state index contributed by atoms with van der Waals surface area (Å²) in [5.41, 5.74) is 7.52. The van der Waals surface area contributed by atoms with E-state index in [0.29, 0.717) is 0 Å². The lowest BCUT2D eigenvalue weighted by Gasteiger charge is -2.38. The molecule has 2 aromatic carbocycles. The molecule has 0 unspecified atom stereocenters. The van der Waals surface area contributed by atoms with E-state index in [-0.39, 0.29) is 0 Å². The Kier molecular flexibility index (Phi) is 4.81. The lowest BCUT2D eigenvalue weighted by atomic mass is 9.90. The van der Waals surface area contributed by atoms with Gasteiger partial charge in [0, 0.05) is 48.9 Å². The van der Waals surface area contributed by atoms with Crippen molar-refractivity contribution in [1.29, 1.82) is 0 Å². The summed E-state index contributed by atoms with van der Waals surface area (Å²) in [4.78, 5) is 2.54. The van der Waals surface area contributed by atoms with Crippen LogP contribution in [0.15, 0.2) is 47.6 Å². The molecular weight excluding hydrogens is 372 g/mol. The molecule has 5 heteroatoms. The molecule has 0 atom stereocenters. The minimum absolute atomic E-state index is 0.975. The molecule has 0 fully saturated rings. The van der Waals surface area contributed by atoms with Gasteiger partial charge in [-0.2, -0.15) is 9.67 Å². The van der Waals surface area contributed by atoms with E-state index in [9.17, 15) is 0 Å². The number of aryl methyl sites for hydroxylation is 2. The third-order valence-electron chi connectivity index (χ3n) is 6.49. The predicted molar refractivity (Wildman–Crippen MR) is 123 cm³/mol. The lowest BCUT2D eigenvalue weighted by molar-refractivity contribution is -0.645. The van der Waals surface area contributed by atoms with E-state index >= 15 is 0 Å². The molecule has 0 amide bonds. The number of rotatable bonds is 4. The molecule has 2 aliphatic rings. The highest BCUT2D eigenvalue weighted by molar-refractivity contribution is 5.82. The SMILES string of the molecule is COc1c(N(C)/N=C/c2ccc3ccccc3[n+]2C)cc2c3c1CCCN3CCC2. The molecule has 0 aliphatic carbocycles. The standard InChI is InChI=1S/C25H29N4O/c1-27-20(13-12-18-8-4-5-11-22(18)27)17-26-28(2)23-16-19-9-6-14-29-15-7-10-21(24(19)29)25(23)30-3/h4-5,8,11-13,16-17H,6-7,9-10,14-15H2,1-3H3/q+1. The van der Waals surface area contributed by atoms with Crippen LogP contribution in [0.1, 0.15) is 29.7 Å². The van der Waals surface area contributed by atoms with Crippen molar-refractivity contribution < 1.29 is 9.30 Å². The summed E-state index contributed by atoms with van der Waals surface area (Å²) in [7, 11) is 5.88. The van der Waals surface area contributed by atoms with Crippen molar-refractivity contribution in [1.82, 2.24) is 0 Å². The molecule has 154 valence electrons. The Morgan fingerprint density at radius 3 is 2.73 bits per heavy atom. The molecule has 3 aromatic rings. The van der Waals surface area contributed by atoms with E-state index in [0.717, 1.165) is 43.1 Å². The van der Waals surface area contributed by atoms with Crippen LogP contribution in [0, 0.1) is 0 Å². The molecule has 0 spiro atoms. The van der Waals surface area contributed by atoms with Crippen molar-refractivity contribution in [3.8, 4) is 5.75 Å². The molecule has 0 radical (unpaired) electrons. The number of nitrogens with zero attached hydrogens (tertiary/aromatic N) is 4. The van der Waals surface area contributed by atoms with Crippen LogP contribution in [0.2, 0.25) is 0 Å². The second-order valence-electron chi connectivity index (χ2n) is 8.25. The second kappa shape index (κ2) is 7.63. The van der Waals surface area contributed by atoms with Crippen LogP contribution in [-0.4, -0.2) is 33.5 Å². The number of hydrogen-bond acceptors (Lipinski definition) is 4. The first-order valence-corrected chi connectivity index (χ1v) is 10.8. The van der Waals surface area contributed by atoms with E-state index in [1.807, 2.05) is 18.3 Å². The number of pyridine rings is 1. The van der Waals surface area contributed by atoms with Gasteiger partial charge in [0.15, 0.2) is 0 Å². The summed E-state index contributed by atoms with van der Waals surface area (Å²) in [6.07, 6.45) is 6.55. The van der Waals surface area contributed by atoms with Crippen LogP contribution in [0.5, 0.6) is 5.75 Å². The van der Waals surface area contributed by atoms with E-state index in [1.54, 1.807) is 7.11 Å². The molecule has 0 saturated heterocycles. The molecule has 30 heavy (non-hydrogen) atoms. The second-order valence-corrected chi connectivity index (χ2v) is 8.25. The van der Waals surface area contributed by atoms with Crippen molar-refractivity contribution >= 4 is 28.5 Å². The summed E-state index contributed by atoms with van der Waals surface area (Å²) in [6, 6.07) is 15.0. The fraction of sp³-hybridized carbons (Fsp3) is 0.360. The Morgan fingerprint density at radius 1 is 1.10 bits per heavy atom.